The van der Waals surface area contributed by atoms with Gasteiger partial charge in [-0.2, -0.15) is 0 Å². The summed E-state index contributed by atoms with van der Waals surface area (Å²) in [5.74, 6) is -0.385. The highest BCUT2D eigenvalue weighted by Crippen LogP contribution is 2.42. The molecule has 3 aliphatic heterocycles. The van der Waals surface area contributed by atoms with Crippen LogP contribution in [0.1, 0.15) is 64.8 Å². The van der Waals surface area contributed by atoms with E-state index in [4.69, 9.17) is 18.9 Å². The number of nitrogens with one attached hydrogen (secondary N) is 1. The van der Waals surface area contributed by atoms with E-state index in [1.807, 2.05) is 66.7 Å². The SMILES string of the molecule is CC1C(CN2CCC3(CC2)OCCO3)OC(c2ccc(CNC(=O)c3ccccc3)cc2)OC1c1ccc(CO)cc1. The third kappa shape index (κ3) is 6.59. The summed E-state index contributed by atoms with van der Waals surface area (Å²) in [5, 5.41) is 12.5. The number of hydrogen-bond acceptors (Lipinski definition) is 7. The van der Waals surface area contributed by atoms with E-state index in [2.05, 4.69) is 17.1 Å². The van der Waals surface area contributed by atoms with Crippen LogP contribution in [0.5, 0.6) is 0 Å². The van der Waals surface area contributed by atoms with Crippen LogP contribution >= 0.6 is 0 Å². The molecule has 4 unspecified atom stereocenters. The molecule has 6 rings (SSSR count). The van der Waals surface area contributed by atoms with Crippen LogP contribution < -0.4 is 5.32 Å². The normalized spacial score (nSPS) is 25.9. The van der Waals surface area contributed by atoms with Gasteiger partial charge in [-0.3, -0.25) is 4.79 Å². The van der Waals surface area contributed by atoms with Crippen LogP contribution in [-0.2, 0) is 32.1 Å². The first-order chi connectivity index (χ1) is 20.5. The summed E-state index contributed by atoms with van der Waals surface area (Å²) in [6.45, 7) is 6.59. The topological polar surface area (TPSA) is 89.5 Å². The van der Waals surface area contributed by atoms with Gasteiger partial charge < -0.3 is 34.3 Å². The van der Waals surface area contributed by atoms with E-state index >= 15 is 0 Å². The van der Waals surface area contributed by atoms with E-state index in [9.17, 15) is 9.90 Å². The lowest BCUT2D eigenvalue weighted by atomic mass is 9.89. The average Bonchev–Trinajstić information content (AvgIpc) is 3.50. The molecule has 8 heteroatoms. The smallest absolute Gasteiger partial charge is 0.251 e. The van der Waals surface area contributed by atoms with Gasteiger partial charge in [0.1, 0.15) is 0 Å². The molecule has 0 aliphatic carbocycles. The van der Waals surface area contributed by atoms with Crippen LogP contribution in [-0.4, -0.2) is 60.7 Å². The van der Waals surface area contributed by atoms with Gasteiger partial charge in [0.2, 0.25) is 0 Å². The zero-order chi connectivity index (χ0) is 28.9. The lowest BCUT2D eigenvalue weighted by Crippen LogP contribution is -2.50. The Bertz CT molecular complexity index is 1300. The first-order valence-corrected chi connectivity index (χ1v) is 14.9. The number of aliphatic hydroxyl groups is 1. The third-order valence-corrected chi connectivity index (χ3v) is 8.73. The molecule has 3 aliphatic rings. The standard InChI is InChI=1S/C34H40N2O6/c1-24-30(22-36-17-15-34(16-18-36)39-19-20-40-34)41-33(42-31(24)27-11-9-26(23-37)10-12-27)29-13-7-25(8-14-29)21-35-32(38)28-5-3-2-4-6-28/h2-14,24,30-31,33,37H,15-23H2,1H3,(H,35,38). The highest BCUT2D eigenvalue weighted by Gasteiger charge is 2.43. The van der Waals surface area contributed by atoms with Crippen molar-refractivity contribution in [2.45, 2.75) is 57.2 Å². The first kappa shape index (κ1) is 29.0. The molecule has 0 aromatic heterocycles. The lowest BCUT2D eigenvalue weighted by molar-refractivity contribution is -0.278. The van der Waals surface area contributed by atoms with Gasteiger partial charge in [0.25, 0.3) is 5.91 Å². The zero-order valence-corrected chi connectivity index (χ0v) is 24.1. The summed E-state index contributed by atoms with van der Waals surface area (Å²) in [5.41, 5.74) is 4.53. The Morgan fingerprint density at radius 2 is 1.52 bits per heavy atom. The summed E-state index contributed by atoms with van der Waals surface area (Å²) in [6.07, 6.45) is 0.990. The molecule has 3 saturated heterocycles. The second-order valence-corrected chi connectivity index (χ2v) is 11.5. The Morgan fingerprint density at radius 1 is 0.881 bits per heavy atom. The molecular formula is C34H40N2O6. The Balaban J connectivity index is 1.15. The lowest BCUT2D eigenvalue weighted by Gasteiger charge is -2.44. The van der Waals surface area contributed by atoms with Crippen LogP contribution in [0, 0.1) is 5.92 Å². The maximum atomic E-state index is 12.5. The number of nitrogens with zero attached hydrogens (tertiary/aromatic N) is 1. The molecule has 3 aromatic carbocycles. The molecule has 0 bridgehead atoms. The average molecular weight is 573 g/mol. The molecule has 2 N–H and O–H groups in total. The number of hydrogen-bond donors (Lipinski definition) is 2. The number of rotatable bonds is 8. The molecule has 3 fully saturated rings. The van der Waals surface area contributed by atoms with Gasteiger partial charge in [0.05, 0.1) is 32.0 Å². The Labute approximate surface area is 247 Å². The third-order valence-electron chi connectivity index (χ3n) is 8.73. The highest BCUT2D eigenvalue weighted by atomic mass is 16.7. The summed E-state index contributed by atoms with van der Waals surface area (Å²) in [4.78, 5) is 14.9. The predicted octanol–water partition coefficient (Wildman–Crippen LogP) is 4.74. The van der Waals surface area contributed by atoms with Gasteiger partial charge in [0.15, 0.2) is 12.1 Å². The molecule has 3 heterocycles. The zero-order valence-electron chi connectivity index (χ0n) is 24.1. The Kier molecular flexibility index (Phi) is 9.00. The molecule has 3 aromatic rings. The Morgan fingerprint density at radius 3 is 2.19 bits per heavy atom. The number of carbonyl (C=O) groups is 1. The van der Waals surface area contributed by atoms with Gasteiger partial charge in [-0.25, -0.2) is 0 Å². The van der Waals surface area contributed by atoms with Gasteiger partial charge >= 0.3 is 0 Å². The molecule has 1 amide bonds. The summed E-state index contributed by atoms with van der Waals surface area (Å²) < 4.78 is 25.1. The van der Waals surface area contributed by atoms with Crippen molar-refractivity contribution in [3.05, 3.63) is 107 Å². The maximum absolute atomic E-state index is 12.5. The van der Waals surface area contributed by atoms with Crippen molar-refractivity contribution in [3.8, 4) is 0 Å². The van der Waals surface area contributed by atoms with E-state index in [0.29, 0.717) is 25.3 Å². The number of ether oxygens (including phenoxy) is 4. The van der Waals surface area contributed by atoms with Crippen molar-refractivity contribution in [3.63, 3.8) is 0 Å². The molecule has 222 valence electrons. The summed E-state index contributed by atoms with van der Waals surface area (Å²) >= 11 is 0. The van der Waals surface area contributed by atoms with Crippen molar-refractivity contribution >= 4 is 5.91 Å². The monoisotopic (exact) mass is 572 g/mol. The second-order valence-electron chi connectivity index (χ2n) is 11.5. The molecule has 0 saturated carbocycles. The highest BCUT2D eigenvalue weighted by molar-refractivity contribution is 5.94. The largest absolute Gasteiger partial charge is 0.392 e. The van der Waals surface area contributed by atoms with Crippen molar-refractivity contribution in [1.82, 2.24) is 10.2 Å². The molecule has 4 atom stereocenters. The van der Waals surface area contributed by atoms with E-state index in [1.54, 1.807) is 12.1 Å². The van der Waals surface area contributed by atoms with E-state index in [0.717, 1.165) is 54.7 Å². The molecule has 0 radical (unpaired) electrons. The van der Waals surface area contributed by atoms with Crippen molar-refractivity contribution in [2.75, 3.05) is 32.8 Å². The number of benzene rings is 3. The number of likely N-dealkylation sites (tertiary alicyclic amines) is 1. The molecule has 42 heavy (non-hydrogen) atoms. The van der Waals surface area contributed by atoms with Crippen LogP contribution in [0.3, 0.4) is 0 Å². The van der Waals surface area contributed by atoms with Crippen LogP contribution in [0.4, 0.5) is 0 Å². The fourth-order valence-electron chi connectivity index (χ4n) is 6.11. The number of amides is 1. The fraction of sp³-hybridized carbons (Fsp3) is 0.441. The molecule has 1 spiro atoms. The van der Waals surface area contributed by atoms with E-state index in [1.165, 1.54) is 0 Å². The minimum absolute atomic E-state index is 0.0117. The summed E-state index contributed by atoms with van der Waals surface area (Å²) in [6, 6.07) is 25.3. The van der Waals surface area contributed by atoms with E-state index in [-0.39, 0.29) is 30.6 Å². The first-order valence-electron chi connectivity index (χ1n) is 14.9. The van der Waals surface area contributed by atoms with Gasteiger partial charge in [-0.1, -0.05) is 73.7 Å². The molecular weight excluding hydrogens is 532 g/mol. The minimum atomic E-state index is -0.528. The van der Waals surface area contributed by atoms with Gasteiger partial charge in [-0.15, -0.1) is 0 Å². The fourth-order valence-corrected chi connectivity index (χ4v) is 6.11. The number of aliphatic hydroxyl groups excluding tert-OH is 1. The Hall–Kier alpha value is -3.11. The minimum Gasteiger partial charge on any atom is -0.392 e. The quantitative estimate of drug-likeness (QED) is 0.403. The van der Waals surface area contributed by atoms with E-state index < -0.39 is 12.1 Å². The second kappa shape index (κ2) is 13.0. The van der Waals surface area contributed by atoms with Crippen molar-refractivity contribution in [1.29, 1.82) is 0 Å². The van der Waals surface area contributed by atoms with Crippen molar-refractivity contribution in [2.24, 2.45) is 5.92 Å². The number of carbonyl (C=O) groups excluding carboxylic acids is 1. The van der Waals surface area contributed by atoms with Gasteiger partial charge in [0, 0.05) is 56.1 Å². The summed E-state index contributed by atoms with van der Waals surface area (Å²) in [7, 11) is 0. The van der Waals surface area contributed by atoms with Crippen LogP contribution in [0.2, 0.25) is 0 Å². The van der Waals surface area contributed by atoms with Gasteiger partial charge in [-0.05, 0) is 28.8 Å². The predicted molar refractivity (Wildman–Crippen MR) is 157 cm³/mol. The maximum Gasteiger partial charge on any atom is 0.251 e. The molecule has 8 nitrogen and oxygen atoms in total. The van der Waals surface area contributed by atoms with Crippen LogP contribution in [0.15, 0.2) is 78.9 Å². The number of piperidine rings is 1. The van der Waals surface area contributed by atoms with Crippen LogP contribution in [0.25, 0.3) is 0 Å². The van der Waals surface area contributed by atoms with Crippen molar-refractivity contribution < 1.29 is 28.8 Å².